The van der Waals surface area contributed by atoms with Gasteiger partial charge in [-0.25, -0.2) is 9.36 Å². The van der Waals surface area contributed by atoms with Crippen molar-refractivity contribution in [2.75, 3.05) is 6.61 Å². The lowest BCUT2D eigenvalue weighted by molar-refractivity contribution is -0.0252. The van der Waals surface area contributed by atoms with Crippen molar-refractivity contribution in [1.29, 1.82) is 0 Å². The minimum absolute atomic E-state index is 0.106. The van der Waals surface area contributed by atoms with Crippen LogP contribution >= 0.6 is 7.60 Å². The lowest BCUT2D eigenvalue weighted by Crippen LogP contribution is -2.33. The van der Waals surface area contributed by atoms with Gasteiger partial charge in [-0.3, -0.25) is 18.9 Å². The zero-order chi connectivity index (χ0) is 25.7. The number of aryl methyl sites for hydroxylation is 1. The maximum absolute atomic E-state index is 13.8. The molecule has 0 saturated carbocycles. The molecule has 1 aliphatic rings. The first-order valence-electron chi connectivity index (χ1n) is 11.0. The number of hydrogen-bond donors (Lipinski definition) is 2. The van der Waals surface area contributed by atoms with Crippen LogP contribution in [0.15, 0.2) is 81.6 Å². The van der Waals surface area contributed by atoms with E-state index in [1.165, 1.54) is 17.7 Å². The number of aliphatic hydroxyl groups is 1. The Morgan fingerprint density at radius 2 is 1.89 bits per heavy atom. The normalized spacial score (nSPS) is 21.8. The number of para-hydroxylation sites is 1. The van der Waals surface area contributed by atoms with Crippen LogP contribution in [0.3, 0.4) is 0 Å². The Balaban J connectivity index is 1.59. The predicted octanol–water partition coefficient (Wildman–Crippen LogP) is 3.79. The SMILES string of the molecule is Cc1cn([C@H]2C[C@H](N=[N+]=[N-])[C@@H](COP(=O)(Oc3ccccc3)C(O)c3ccccc3)O2)c(=O)[nH]c1=O. The van der Waals surface area contributed by atoms with E-state index >= 15 is 0 Å². The Bertz CT molecular complexity index is 1410. The fraction of sp³-hybridized carbons (Fsp3) is 0.304. The van der Waals surface area contributed by atoms with Crippen molar-refractivity contribution in [1.82, 2.24) is 9.55 Å². The zero-order valence-corrected chi connectivity index (χ0v) is 20.1. The maximum atomic E-state index is 13.8. The quantitative estimate of drug-likeness (QED) is 0.190. The van der Waals surface area contributed by atoms with Crippen molar-refractivity contribution < 1.29 is 23.5 Å². The summed E-state index contributed by atoms with van der Waals surface area (Å²) < 4.78 is 32.3. The minimum Gasteiger partial charge on any atom is -0.422 e. The number of aromatic amines is 1. The topological polar surface area (TPSA) is 169 Å². The number of benzene rings is 2. The number of aromatic nitrogens is 2. The van der Waals surface area contributed by atoms with Gasteiger partial charge >= 0.3 is 13.3 Å². The Labute approximate surface area is 205 Å². The van der Waals surface area contributed by atoms with E-state index in [4.69, 9.17) is 19.3 Å². The summed E-state index contributed by atoms with van der Waals surface area (Å²) in [6, 6.07) is 15.8. The van der Waals surface area contributed by atoms with E-state index < -0.39 is 43.1 Å². The summed E-state index contributed by atoms with van der Waals surface area (Å²) in [6.45, 7) is 1.17. The van der Waals surface area contributed by atoms with Gasteiger partial charge in [0.15, 0.2) is 5.85 Å². The summed E-state index contributed by atoms with van der Waals surface area (Å²) in [5.74, 6) is -1.39. The van der Waals surface area contributed by atoms with Crippen LogP contribution in [-0.4, -0.2) is 33.4 Å². The van der Waals surface area contributed by atoms with Crippen LogP contribution in [-0.2, 0) is 13.8 Å². The number of rotatable bonds is 9. The average Bonchev–Trinajstić information content (AvgIpc) is 3.28. The molecule has 4 rings (SSSR count). The lowest BCUT2D eigenvalue weighted by atomic mass is 10.1. The Hall–Kier alpha value is -3.66. The van der Waals surface area contributed by atoms with E-state index in [2.05, 4.69) is 15.0 Å². The molecule has 1 aromatic heterocycles. The Kier molecular flexibility index (Phi) is 7.73. The third-order valence-corrected chi connectivity index (χ3v) is 7.52. The number of ether oxygens (including phenoxy) is 1. The fourth-order valence-corrected chi connectivity index (χ4v) is 5.39. The molecule has 0 radical (unpaired) electrons. The third kappa shape index (κ3) is 5.59. The number of H-pyrrole nitrogens is 1. The first-order valence-corrected chi connectivity index (χ1v) is 12.7. The van der Waals surface area contributed by atoms with Gasteiger partial charge in [0.05, 0.1) is 18.8 Å². The molecule has 2 unspecified atom stereocenters. The van der Waals surface area contributed by atoms with Crippen molar-refractivity contribution in [2.24, 2.45) is 5.11 Å². The second kappa shape index (κ2) is 10.9. The molecule has 1 fully saturated rings. The third-order valence-electron chi connectivity index (χ3n) is 5.65. The standard InChI is InChI=1S/C23H24N5O7P/c1-15-13-28(23(31)25-21(15)29)20-12-18(26-27-24)19(34-20)14-33-36(32,35-17-10-6-3-7-11-17)22(30)16-8-4-2-5-9-16/h2-11,13,18-20,22,30H,12,14H2,1H3,(H,25,29,31)/t18-,19+,20+,22?,36?/m0/s1. The van der Waals surface area contributed by atoms with Gasteiger partial charge < -0.3 is 14.4 Å². The average molecular weight is 513 g/mol. The van der Waals surface area contributed by atoms with E-state index in [0.29, 0.717) is 11.1 Å². The molecule has 12 nitrogen and oxygen atoms in total. The molecule has 0 spiro atoms. The molecule has 3 aromatic rings. The van der Waals surface area contributed by atoms with Crippen molar-refractivity contribution >= 4 is 7.60 Å². The van der Waals surface area contributed by atoms with Crippen LogP contribution in [0.2, 0.25) is 0 Å². The van der Waals surface area contributed by atoms with Crippen LogP contribution in [0.1, 0.15) is 29.6 Å². The highest BCUT2D eigenvalue weighted by molar-refractivity contribution is 7.54. The Morgan fingerprint density at radius 1 is 1.22 bits per heavy atom. The summed E-state index contributed by atoms with van der Waals surface area (Å²) in [6.07, 6.45) is -0.328. The molecule has 2 heterocycles. The van der Waals surface area contributed by atoms with E-state index in [1.807, 2.05) is 0 Å². The second-order valence-corrected chi connectivity index (χ2v) is 10.1. The van der Waals surface area contributed by atoms with Gasteiger partial charge in [-0.15, -0.1) is 0 Å². The van der Waals surface area contributed by atoms with Crippen molar-refractivity contribution in [2.45, 2.75) is 37.6 Å². The molecule has 0 bridgehead atoms. The summed E-state index contributed by atoms with van der Waals surface area (Å²) >= 11 is 0. The van der Waals surface area contributed by atoms with Gasteiger partial charge in [0.25, 0.3) is 5.56 Å². The van der Waals surface area contributed by atoms with Crippen molar-refractivity contribution in [3.05, 3.63) is 109 Å². The summed E-state index contributed by atoms with van der Waals surface area (Å²) in [4.78, 5) is 29.1. The van der Waals surface area contributed by atoms with Gasteiger partial charge in [0.1, 0.15) is 12.0 Å². The van der Waals surface area contributed by atoms with Gasteiger partial charge in [-0.2, -0.15) is 0 Å². The zero-order valence-electron chi connectivity index (χ0n) is 19.2. The van der Waals surface area contributed by atoms with E-state index in [0.717, 1.165) is 0 Å². The number of aliphatic hydroxyl groups excluding tert-OH is 1. The van der Waals surface area contributed by atoms with Gasteiger partial charge in [0, 0.05) is 23.1 Å². The molecule has 13 heteroatoms. The molecule has 36 heavy (non-hydrogen) atoms. The van der Waals surface area contributed by atoms with Crippen LogP contribution < -0.4 is 15.8 Å². The van der Waals surface area contributed by atoms with E-state index in [1.54, 1.807) is 60.7 Å². The molecule has 0 amide bonds. The Morgan fingerprint density at radius 3 is 2.56 bits per heavy atom. The highest BCUT2D eigenvalue weighted by atomic mass is 31.2. The number of azide groups is 1. The van der Waals surface area contributed by atoms with Gasteiger partial charge in [0.2, 0.25) is 0 Å². The molecule has 2 N–H and O–H groups in total. The first kappa shape index (κ1) is 25.4. The lowest BCUT2D eigenvalue weighted by Gasteiger charge is -2.26. The van der Waals surface area contributed by atoms with Crippen LogP contribution in [0.5, 0.6) is 5.75 Å². The maximum Gasteiger partial charge on any atom is 0.412 e. The predicted molar refractivity (Wildman–Crippen MR) is 130 cm³/mol. The first-order chi connectivity index (χ1) is 17.3. The van der Waals surface area contributed by atoms with Gasteiger partial charge in [-0.1, -0.05) is 53.6 Å². The van der Waals surface area contributed by atoms with Gasteiger partial charge in [-0.05, 0) is 30.2 Å². The summed E-state index contributed by atoms with van der Waals surface area (Å²) in [5.41, 5.74) is 8.44. The molecule has 5 atom stereocenters. The summed E-state index contributed by atoms with van der Waals surface area (Å²) in [5, 5.41) is 14.7. The second-order valence-electron chi connectivity index (χ2n) is 8.14. The molecular weight excluding hydrogens is 489 g/mol. The minimum atomic E-state index is -4.24. The van der Waals surface area contributed by atoms with Crippen molar-refractivity contribution in [3.8, 4) is 5.75 Å². The molecular formula is C23H24N5O7P. The fourth-order valence-electron chi connectivity index (χ4n) is 3.78. The number of hydrogen-bond acceptors (Lipinski definition) is 8. The molecule has 1 aliphatic heterocycles. The van der Waals surface area contributed by atoms with Crippen molar-refractivity contribution in [3.63, 3.8) is 0 Å². The monoisotopic (exact) mass is 513 g/mol. The highest BCUT2D eigenvalue weighted by Crippen LogP contribution is 2.59. The molecule has 188 valence electrons. The number of nitrogens with zero attached hydrogens (tertiary/aromatic N) is 4. The summed E-state index contributed by atoms with van der Waals surface area (Å²) in [7, 11) is -4.24. The van der Waals surface area contributed by atoms with Crippen LogP contribution in [0, 0.1) is 6.92 Å². The number of nitrogens with one attached hydrogen (secondary N) is 1. The molecule has 1 saturated heterocycles. The molecule has 0 aliphatic carbocycles. The molecule has 2 aromatic carbocycles. The van der Waals surface area contributed by atoms with Crippen LogP contribution in [0.25, 0.3) is 10.4 Å². The highest BCUT2D eigenvalue weighted by Gasteiger charge is 2.42. The smallest absolute Gasteiger partial charge is 0.412 e. The van der Waals surface area contributed by atoms with E-state index in [9.17, 15) is 19.3 Å². The largest absolute Gasteiger partial charge is 0.422 e. The van der Waals surface area contributed by atoms with E-state index in [-0.39, 0.29) is 18.8 Å². The van der Waals surface area contributed by atoms with Crippen LogP contribution in [0.4, 0.5) is 0 Å².